The minimum absolute atomic E-state index is 0.162. The third kappa shape index (κ3) is 45.3. The molecule has 2 unspecified atom stereocenters. The van der Waals surface area contributed by atoms with Crippen LogP contribution in [0.15, 0.2) is 134 Å². The SMILES string of the molecule is CC/C=C\C/C=C\C/C=C\C/C=C\C/C=C\C/C=C\C/C=C\CCCCCC(=O)OC(COC(=O)CC/C=C\C/C=C\C/C=C\C/C=C\CC)COC(OCC[N+](C)(C)C)C(=O)O. The van der Waals surface area contributed by atoms with E-state index in [9.17, 15) is 19.5 Å². The molecule has 9 nitrogen and oxygen atoms in total. The Bertz CT molecular complexity index is 1480. The van der Waals surface area contributed by atoms with Crippen molar-refractivity contribution < 1.29 is 42.9 Å². The lowest BCUT2D eigenvalue weighted by atomic mass is 10.1. The number of esters is 2. The summed E-state index contributed by atoms with van der Waals surface area (Å²) < 4.78 is 22.6. The van der Waals surface area contributed by atoms with Crippen LogP contribution in [0.25, 0.3) is 0 Å². The first-order valence-electron chi connectivity index (χ1n) is 23.3. The van der Waals surface area contributed by atoms with E-state index >= 15 is 0 Å². The van der Waals surface area contributed by atoms with Crippen LogP contribution in [-0.2, 0) is 33.3 Å². The lowest BCUT2D eigenvalue weighted by Crippen LogP contribution is -2.40. The number of aliphatic carboxylic acids is 1. The topological polar surface area (TPSA) is 108 Å². The Balaban J connectivity index is 4.55. The summed E-state index contributed by atoms with van der Waals surface area (Å²) in [5, 5.41) is 9.64. The number of ether oxygens (including phenoxy) is 4. The molecule has 0 spiro atoms. The fourth-order valence-electron chi connectivity index (χ4n) is 5.36. The summed E-state index contributed by atoms with van der Waals surface area (Å²) in [5.74, 6) is -2.19. The van der Waals surface area contributed by atoms with Crippen molar-refractivity contribution in [2.75, 3.05) is 47.5 Å². The zero-order valence-electron chi connectivity index (χ0n) is 39.7. The fraction of sp³-hybridized carbons (Fsp3) is 0.537. The highest BCUT2D eigenvalue weighted by Crippen LogP contribution is 2.10. The molecule has 0 rings (SSSR count). The summed E-state index contributed by atoms with van der Waals surface area (Å²) in [4.78, 5) is 37.1. The van der Waals surface area contributed by atoms with Crippen LogP contribution >= 0.6 is 0 Å². The molecule has 63 heavy (non-hydrogen) atoms. The Labute approximate surface area is 382 Å². The van der Waals surface area contributed by atoms with Gasteiger partial charge >= 0.3 is 17.9 Å². The Morgan fingerprint density at radius 2 is 0.889 bits per heavy atom. The molecule has 0 aromatic heterocycles. The van der Waals surface area contributed by atoms with E-state index in [-0.39, 0.29) is 32.7 Å². The third-order valence-electron chi connectivity index (χ3n) is 8.92. The predicted molar refractivity (Wildman–Crippen MR) is 262 cm³/mol. The minimum Gasteiger partial charge on any atom is -0.477 e. The van der Waals surface area contributed by atoms with Gasteiger partial charge in [0.15, 0.2) is 6.10 Å². The highest BCUT2D eigenvalue weighted by Gasteiger charge is 2.25. The maximum absolute atomic E-state index is 12.8. The molecule has 352 valence electrons. The standard InChI is InChI=1S/C54H83NO8/c1-6-8-10-12-14-16-18-20-21-22-23-24-25-26-27-28-29-30-31-33-35-37-39-41-43-45-52(57)63-50(49-62-54(53(58)59)60-47-46-55(3,4)5)48-61-51(56)44-42-40-38-36-34-32-19-17-15-13-11-9-7-2/h8-11,14-17,20-21,23-24,26-27,29-30,32-35,38,40,50,54H,6-7,12-13,18-19,22,25,28,31,36-37,39,41-49H2,1-5H3/p+1/b10-8-,11-9-,16-14-,17-15-,21-20-,24-23-,27-26-,30-29-,34-32-,35-33-,40-38-. The number of rotatable bonds is 40. The van der Waals surface area contributed by atoms with Crippen molar-refractivity contribution >= 4 is 17.9 Å². The lowest BCUT2D eigenvalue weighted by molar-refractivity contribution is -0.870. The second-order valence-corrected chi connectivity index (χ2v) is 15.9. The van der Waals surface area contributed by atoms with Gasteiger partial charge in [0, 0.05) is 12.8 Å². The summed E-state index contributed by atoms with van der Waals surface area (Å²) >= 11 is 0. The average Bonchev–Trinajstić information content (AvgIpc) is 3.24. The Hall–Kier alpha value is -4.57. The lowest BCUT2D eigenvalue weighted by Gasteiger charge is -2.25. The number of hydrogen-bond acceptors (Lipinski definition) is 7. The van der Waals surface area contributed by atoms with Crippen LogP contribution in [-0.4, -0.2) is 87.4 Å². The van der Waals surface area contributed by atoms with Crippen molar-refractivity contribution in [1.82, 2.24) is 0 Å². The molecular formula is C54H84NO8+. The molecular weight excluding hydrogens is 791 g/mol. The van der Waals surface area contributed by atoms with E-state index in [0.717, 1.165) is 89.9 Å². The maximum atomic E-state index is 12.8. The van der Waals surface area contributed by atoms with Crippen molar-refractivity contribution in [1.29, 1.82) is 0 Å². The average molecular weight is 875 g/mol. The number of carboxylic acid groups (broad SMARTS) is 1. The summed E-state index contributed by atoms with van der Waals surface area (Å²) in [6.07, 6.45) is 59.7. The second kappa shape index (κ2) is 44.1. The van der Waals surface area contributed by atoms with Gasteiger partial charge in [0.05, 0.1) is 34.4 Å². The second-order valence-electron chi connectivity index (χ2n) is 15.9. The molecule has 0 aliphatic carbocycles. The molecule has 0 aliphatic heterocycles. The van der Waals surface area contributed by atoms with Crippen LogP contribution in [0.1, 0.15) is 129 Å². The molecule has 0 heterocycles. The number of likely N-dealkylation sites (N-methyl/N-ethyl adjacent to an activating group) is 1. The first kappa shape index (κ1) is 58.4. The third-order valence-corrected chi connectivity index (χ3v) is 8.92. The van der Waals surface area contributed by atoms with Crippen LogP contribution in [0.5, 0.6) is 0 Å². The Kier molecular flexibility index (Phi) is 40.9. The fourth-order valence-corrected chi connectivity index (χ4v) is 5.36. The van der Waals surface area contributed by atoms with E-state index in [1.807, 2.05) is 33.3 Å². The normalized spacial score (nSPS) is 14.1. The summed E-state index contributed by atoms with van der Waals surface area (Å²) in [6, 6.07) is 0. The highest BCUT2D eigenvalue weighted by molar-refractivity contribution is 5.71. The molecule has 9 heteroatoms. The van der Waals surface area contributed by atoms with Crippen LogP contribution < -0.4 is 0 Å². The molecule has 2 atom stereocenters. The van der Waals surface area contributed by atoms with Gasteiger partial charge in [0.2, 0.25) is 0 Å². The summed E-state index contributed by atoms with van der Waals surface area (Å²) in [5.41, 5.74) is 0. The summed E-state index contributed by atoms with van der Waals surface area (Å²) in [7, 11) is 5.91. The molecule has 1 N–H and O–H groups in total. The smallest absolute Gasteiger partial charge is 0.361 e. The molecule has 0 bridgehead atoms. The van der Waals surface area contributed by atoms with Crippen LogP contribution in [0, 0.1) is 0 Å². The van der Waals surface area contributed by atoms with E-state index in [4.69, 9.17) is 18.9 Å². The highest BCUT2D eigenvalue weighted by atomic mass is 16.7. The van der Waals surface area contributed by atoms with Crippen LogP contribution in [0.2, 0.25) is 0 Å². The van der Waals surface area contributed by atoms with Crippen molar-refractivity contribution in [3.63, 3.8) is 0 Å². The predicted octanol–water partition coefficient (Wildman–Crippen LogP) is 12.8. The molecule has 0 saturated carbocycles. The number of allylic oxidation sites excluding steroid dienone is 22. The molecule has 0 amide bonds. The van der Waals surface area contributed by atoms with Gasteiger partial charge in [-0.3, -0.25) is 9.59 Å². The zero-order chi connectivity index (χ0) is 46.3. The Morgan fingerprint density at radius 1 is 0.476 bits per heavy atom. The molecule has 0 aromatic carbocycles. The first-order valence-corrected chi connectivity index (χ1v) is 23.3. The van der Waals surface area contributed by atoms with Gasteiger partial charge < -0.3 is 28.5 Å². The van der Waals surface area contributed by atoms with Gasteiger partial charge in [-0.05, 0) is 96.3 Å². The monoisotopic (exact) mass is 875 g/mol. The summed E-state index contributed by atoms with van der Waals surface area (Å²) in [6.45, 7) is 4.47. The number of carboxylic acids is 1. The van der Waals surface area contributed by atoms with Crippen molar-refractivity contribution in [3.05, 3.63) is 134 Å². The van der Waals surface area contributed by atoms with E-state index < -0.39 is 30.3 Å². The molecule has 0 fully saturated rings. The molecule has 0 aromatic rings. The van der Waals surface area contributed by atoms with Gasteiger partial charge in [-0.15, -0.1) is 0 Å². The number of nitrogens with zero attached hydrogens (tertiary/aromatic N) is 1. The number of quaternary nitrogens is 1. The largest absolute Gasteiger partial charge is 0.477 e. The zero-order valence-corrected chi connectivity index (χ0v) is 39.7. The number of hydrogen-bond donors (Lipinski definition) is 1. The van der Waals surface area contributed by atoms with E-state index in [1.165, 1.54) is 0 Å². The van der Waals surface area contributed by atoms with Gasteiger partial charge in [-0.25, -0.2) is 4.79 Å². The van der Waals surface area contributed by atoms with E-state index in [2.05, 4.69) is 135 Å². The molecule has 0 saturated heterocycles. The van der Waals surface area contributed by atoms with Crippen molar-refractivity contribution in [2.45, 2.75) is 142 Å². The number of unbranched alkanes of at least 4 members (excludes halogenated alkanes) is 3. The van der Waals surface area contributed by atoms with Crippen LogP contribution in [0.4, 0.5) is 0 Å². The van der Waals surface area contributed by atoms with Gasteiger partial charge in [-0.1, -0.05) is 154 Å². The quantitative estimate of drug-likeness (QED) is 0.0213. The van der Waals surface area contributed by atoms with Gasteiger partial charge in [0.25, 0.3) is 6.29 Å². The van der Waals surface area contributed by atoms with E-state index in [0.29, 0.717) is 23.9 Å². The van der Waals surface area contributed by atoms with Crippen molar-refractivity contribution in [3.8, 4) is 0 Å². The van der Waals surface area contributed by atoms with Crippen molar-refractivity contribution in [2.24, 2.45) is 0 Å². The van der Waals surface area contributed by atoms with Gasteiger partial charge in [-0.2, -0.15) is 0 Å². The first-order chi connectivity index (χ1) is 30.6. The Morgan fingerprint density at radius 3 is 1.30 bits per heavy atom. The maximum Gasteiger partial charge on any atom is 0.361 e. The van der Waals surface area contributed by atoms with E-state index in [1.54, 1.807) is 0 Å². The minimum atomic E-state index is -1.54. The number of carbonyl (C=O) groups is 3. The molecule has 0 radical (unpaired) electrons. The van der Waals surface area contributed by atoms with Gasteiger partial charge in [0.1, 0.15) is 13.2 Å². The number of carbonyl (C=O) groups excluding carboxylic acids is 2. The molecule has 0 aliphatic rings. The van der Waals surface area contributed by atoms with Crippen LogP contribution in [0.3, 0.4) is 0 Å².